The predicted octanol–water partition coefficient (Wildman–Crippen LogP) is 5.79. The lowest BCUT2D eigenvalue weighted by molar-refractivity contribution is -0.132. The fourth-order valence-electron chi connectivity index (χ4n) is 6.17. The van der Waals surface area contributed by atoms with Crippen molar-refractivity contribution in [2.75, 3.05) is 12.4 Å². The molecule has 2 saturated carbocycles. The van der Waals surface area contributed by atoms with E-state index in [-0.39, 0.29) is 5.91 Å². The number of benzene rings is 2. The maximum atomic E-state index is 15.0. The van der Waals surface area contributed by atoms with Crippen LogP contribution in [0, 0.1) is 5.82 Å². The van der Waals surface area contributed by atoms with Crippen LogP contribution in [0.4, 0.5) is 10.2 Å². The van der Waals surface area contributed by atoms with Gasteiger partial charge in [-0.15, -0.1) is 10.2 Å². The van der Waals surface area contributed by atoms with Crippen LogP contribution in [-0.4, -0.2) is 50.7 Å². The van der Waals surface area contributed by atoms with Crippen LogP contribution in [0.15, 0.2) is 54.6 Å². The number of nitrogens with zero attached hydrogens (tertiary/aromatic N) is 3. The summed E-state index contributed by atoms with van der Waals surface area (Å²) in [5.74, 6) is -0.0879. The number of aromatic nitrogens is 2. The molecule has 1 aromatic heterocycles. The van der Waals surface area contributed by atoms with Crippen molar-refractivity contribution in [2.45, 2.75) is 89.3 Å². The Kier molecular flexibility index (Phi) is 9.74. The van der Waals surface area contributed by atoms with Gasteiger partial charge in [0, 0.05) is 48.7 Å². The molecule has 42 heavy (non-hydrogen) atoms. The van der Waals surface area contributed by atoms with Crippen LogP contribution < -0.4 is 11.1 Å². The first-order valence-electron chi connectivity index (χ1n) is 14.7. The van der Waals surface area contributed by atoms with Crippen LogP contribution in [0.25, 0.3) is 22.4 Å². The number of carbonyl (C=O) groups is 2. The summed E-state index contributed by atoms with van der Waals surface area (Å²) < 4.78 is 15.0. The second kappa shape index (κ2) is 13.1. The van der Waals surface area contributed by atoms with E-state index in [2.05, 4.69) is 15.5 Å². The van der Waals surface area contributed by atoms with Crippen molar-refractivity contribution < 1.29 is 19.1 Å². The normalized spacial score (nSPS) is 21.9. The molecule has 5 rings (SSSR count). The molecule has 2 fully saturated rings. The molecule has 0 aliphatic heterocycles. The van der Waals surface area contributed by atoms with E-state index in [1.54, 1.807) is 25.1 Å². The highest BCUT2D eigenvalue weighted by Crippen LogP contribution is 2.47. The maximum Gasteiger partial charge on any atom is 0.222 e. The van der Waals surface area contributed by atoms with Crippen LogP contribution in [-0.2, 0) is 15.1 Å². The highest BCUT2D eigenvalue weighted by molar-refractivity contribution is 5.90. The average Bonchev–Trinajstić information content (AvgIpc) is 2.96. The van der Waals surface area contributed by atoms with E-state index in [4.69, 9.17) is 5.73 Å². The number of carbonyl (C=O) groups excluding carboxylic acids is 2. The maximum absolute atomic E-state index is 15.0. The van der Waals surface area contributed by atoms with Crippen molar-refractivity contribution in [1.29, 1.82) is 0 Å². The molecule has 0 bridgehead atoms. The number of hydrogen-bond acceptors (Lipinski definition) is 6. The summed E-state index contributed by atoms with van der Waals surface area (Å²) in [6.45, 7) is 5.02. The summed E-state index contributed by atoms with van der Waals surface area (Å²) in [5.41, 5.74) is 7.56. The first-order chi connectivity index (χ1) is 19.9. The quantitative estimate of drug-likeness (QED) is 0.342. The molecule has 0 atom stereocenters. The zero-order valence-corrected chi connectivity index (χ0v) is 25.0. The average molecular weight is 576 g/mol. The molecule has 4 N–H and O–H groups in total. The molecule has 0 saturated heterocycles. The number of amides is 2. The van der Waals surface area contributed by atoms with E-state index in [0.717, 1.165) is 11.1 Å². The van der Waals surface area contributed by atoms with Gasteiger partial charge in [0.2, 0.25) is 11.8 Å². The summed E-state index contributed by atoms with van der Waals surface area (Å²) in [5, 5.41) is 21.0. The lowest BCUT2D eigenvalue weighted by Crippen LogP contribution is -2.58. The molecular weight excluding hydrogens is 533 g/mol. The van der Waals surface area contributed by atoms with E-state index in [1.807, 2.05) is 49.2 Å². The van der Waals surface area contributed by atoms with E-state index in [9.17, 15) is 14.7 Å². The monoisotopic (exact) mass is 575 g/mol. The molecule has 9 heteroatoms. The summed E-state index contributed by atoms with van der Waals surface area (Å²) in [7, 11) is 1.95. The Bertz CT molecular complexity index is 1400. The standard InChI is InChI=1S/C23H23FN4O2.C10H19NO/c1-14(29)26-20-11-17(15-6-4-3-5-7-15)21(28-27-20)16-8-9-18(19(24)10-16)23(25)12-22(2,30)13-23;1-3-10(12)11(2)9-7-5-4-6-8-9/h3-11,30H,12-13,25H2,1-2H3,(H,26,27,29);9H,3-8H2,1-2H3. The smallest absolute Gasteiger partial charge is 0.222 e. The molecule has 2 aliphatic carbocycles. The highest BCUT2D eigenvalue weighted by atomic mass is 19.1. The Morgan fingerprint density at radius 3 is 2.29 bits per heavy atom. The van der Waals surface area contributed by atoms with Gasteiger partial charge in [-0.25, -0.2) is 4.39 Å². The topological polar surface area (TPSA) is 121 Å². The number of nitrogens with one attached hydrogen (secondary N) is 1. The Hall–Kier alpha value is -3.69. The summed E-state index contributed by atoms with van der Waals surface area (Å²) in [6.07, 6.45) is 7.62. The molecule has 2 aromatic carbocycles. The van der Waals surface area contributed by atoms with Crippen LogP contribution in [0.3, 0.4) is 0 Å². The van der Waals surface area contributed by atoms with Crippen molar-refractivity contribution in [3.63, 3.8) is 0 Å². The molecule has 1 heterocycles. The minimum absolute atomic E-state index is 0.254. The van der Waals surface area contributed by atoms with E-state index in [0.29, 0.717) is 53.9 Å². The third kappa shape index (κ3) is 7.38. The third-order valence-corrected chi connectivity index (χ3v) is 8.17. The summed E-state index contributed by atoms with van der Waals surface area (Å²) >= 11 is 0. The molecule has 3 aromatic rings. The fraction of sp³-hybridized carbons (Fsp3) is 0.455. The van der Waals surface area contributed by atoms with Gasteiger partial charge in [-0.3, -0.25) is 9.59 Å². The first-order valence-corrected chi connectivity index (χ1v) is 14.7. The number of hydrogen-bond donors (Lipinski definition) is 3. The number of rotatable bonds is 6. The van der Waals surface area contributed by atoms with Gasteiger partial charge in [0.1, 0.15) is 11.5 Å². The Labute approximate surface area is 247 Å². The number of halogens is 1. The molecule has 0 spiro atoms. The number of nitrogens with two attached hydrogens (primary N) is 1. The molecule has 0 radical (unpaired) electrons. The second-order valence-corrected chi connectivity index (χ2v) is 11.9. The van der Waals surface area contributed by atoms with Crippen molar-refractivity contribution in [3.8, 4) is 22.4 Å². The van der Waals surface area contributed by atoms with Gasteiger partial charge >= 0.3 is 0 Å². The van der Waals surface area contributed by atoms with Gasteiger partial charge in [0.05, 0.1) is 5.60 Å². The minimum Gasteiger partial charge on any atom is -0.390 e. The lowest BCUT2D eigenvalue weighted by Gasteiger charge is -2.49. The fourth-order valence-corrected chi connectivity index (χ4v) is 6.17. The molecule has 8 nitrogen and oxygen atoms in total. The van der Waals surface area contributed by atoms with Crippen LogP contribution in [0.2, 0.25) is 0 Å². The van der Waals surface area contributed by atoms with Gasteiger partial charge in [-0.1, -0.05) is 68.7 Å². The van der Waals surface area contributed by atoms with Gasteiger partial charge in [-0.2, -0.15) is 0 Å². The Balaban J connectivity index is 0.000000283. The molecule has 0 unspecified atom stereocenters. The molecule has 2 amide bonds. The SMILES string of the molecule is CC(=O)Nc1cc(-c2ccccc2)c(-c2ccc(C3(N)CC(C)(O)C3)c(F)c2)nn1.CCC(=O)N(C)C1CCCCC1. The van der Waals surface area contributed by atoms with E-state index in [1.165, 1.54) is 45.1 Å². The molecule has 224 valence electrons. The Morgan fingerprint density at radius 2 is 1.71 bits per heavy atom. The minimum atomic E-state index is -0.880. The molecule has 2 aliphatic rings. The summed E-state index contributed by atoms with van der Waals surface area (Å²) in [4.78, 5) is 24.7. The van der Waals surface area contributed by atoms with Crippen molar-refractivity contribution in [2.24, 2.45) is 5.73 Å². The highest BCUT2D eigenvalue weighted by Gasteiger charge is 2.50. The third-order valence-electron chi connectivity index (χ3n) is 8.17. The van der Waals surface area contributed by atoms with Crippen LogP contribution in [0.1, 0.15) is 77.7 Å². The Morgan fingerprint density at radius 1 is 1.05 bits per heavy atom. The first kappa shape index (κ1) is 31.3. The zero-order valence-electron chi connectivity index (χ0n) is 25.0. The van der Waals surface area contributed by atoms with Crippen molar-refractivity contribution in [3.05, 3.63) is 66.0 Å². The lowest BCUT2D eigenvalue weighted by atomic mass is 9.63. The second-order valence-electron chi connectivity index (χ2n) is 11.9. The summed E-state index contributed by atoms with van der Waals surface area (Å²) in [6, 6.07) is 16.6. The number of anilines is 1. The van der Waals surface area contributed by atoms with E-state index < -0.39 is 17.0 Å². The van der Waals surface area contributed by atoms with Crippen LogP contribution >= 0.6 is 0 Å². The number of aliphatic hydroxyl groups is 1. The predicted molar refractivity (Wildman–Crippen MR) is 163 cm³/mol. The van der Waals surface area contributed by atoms with Gasteiger partial charge < -0.3 is 21.1 Å². The van der Waals surface area contributed by atoms with Crippen molar-refractivity contribution in [1.82, 2.24) is 15.1 Å². The van der Waals surface area contributed by atoms with Gasteiger partial charge in [0.25, 0.3) is 0 Å². The van der Waals surface area contributed by atoms with Gasteiger partial charge in [0.15, 0.2) is 5.82 Å². The largest absolute Gasteiger partial charge is 0.390 e. The van der Waals surface area contributed by atoms with Gasteiger partial charge in [-0.05, 0) is 50.3 Å². The van der Waals surface area contributed by atoms with Crippen LogP contribution in [0.5, 0.6) is 0 Å². The van der Waals surface area contributed by atoms with E-state index >= 15 is 4.39 Å². The van der Waals surface area contributed by atoms with Crippen molar-refractivity contribution >= 4 is 17.6 Å². The molecular formula is C33H42FN5O3. The zero-order chi connectivity index (χ0) is 30.5.